The predicted octanol–water partition coefficient (Wildman–Crippen LogP) is 3.06. The van der Waals surface area contributed by atoms with E-state index in [4.69, 9.17) is 0 Å². The Hall–Kier alpha value is -1.66. The summed E-state index contributed by atoms with van der Waals surface area (Å²) < 4.78 is 2.94. The molecule has 1 amide bonds. The third-order valence-corrected chi connectivity index (χ3v) is 4.73. The summed E-state index contributed by atoms with van der Waals surface area (Å²) in [6.45, 7) is 3.96. The number of benzene rings is 1. The summed E-state index contributed by atoms with van der Waals surface area (Å²) in [5.41, 5.74) is 1.54. The molecule has 2 unspecified atom stereocenters. The number of nitrogens with zero attached hydrogens (tertiary/aromatic N) is 2. The number of piperidine rings is 1. The summed E-state index contributed by atoms with van der Waals surface area (Å²) in [7, 11) is 0. The zero-order chi connectivity index (χ0) is 16.2. The molecule has 3 rings (SSSR count). The van der Waals surface area contributed by atoms with Crippen LogP contribution in [0, 0.1) is 0 Å². The average Bonchev–Trinajstić information content (AvgIpc) is 3.06. The zero-order valence-corrected chi connectivity index (χ0v) is 14.7. The Morgan fingerprint density at radius 3 is 2.87 bits per heavy atom. The molecule has 1 aromatic carbocycles. The summed E-state index contributed by atoms with van der Waals surface area (Å²) in [4.78, 5) is 12.4. The summed E-state index contributed by atoms with van der Waals surface area (Å²) in [6, 6.07) is 10.0. The lowest BCUT2D eigenvalue weighted by Gasteiger charge is -2.22. The Kier molecular flexibility index (Phi) is 5.13. The smallest absolute Gasteiger partial charge is 0.272 e. The van der Waals surface area contributed by atoms with E-state index in [1.165, 1.54) is 0 Å². The molecule has 2 aromatic rings. The van der Waals surface area contributed by atoms with Crippen molar-refractivity contribution >= 4 is 21.8 Å². The molecule has 0 bridgehead atoms. The van der Waals surface area contributed by atoms with Gasteiger partial charge in [0, 0.05) is 17.2 Å². The molecule has 5 nitrogen and oxygen atoms in total. The Labute approximate surface area is 144 Å². The van der Waals surface area contributed by atoms with E-state index in [-0.39, 0.29) is 11.9 Å². The van der Waals surface area contributed by atoms with Gasteiger partial charge in [-0.25, -0.2) is 0 Å². The lowest BCUT2D eigenvalue weighted by atomic mass is 10.1. The number of carbonyl (C=O) groups is 1. The molecule has 2 heterocycles. The van der Waals surface area contributed by atoms with Gasteiger partial charge in [-0.2, -0.15) is 5.10 Å². The van der Waals surface area contributed by atoms with Crippen LogP contribution >= 0.6 is 15.9 Å². The van der Waals surface area contributed by atoms with E-state index in [0.717, 1.165) is 36.0 Å². The average molecular weight is 377 g/mol. The molecule has 1 saturated heterocycles. The molecular weight excluding hydrogens is 356 g/mol. The minimum absolute atomic E-state index is 0.0582. The summed E-state index contributed by atoms with van der Waals surface area (Å²) >= 11 is 3.42. The molecule has 0 spiro atoms. The van der Waals surface area contributed by atoms with Gasteiger partial charge in [-0.15, -0.1) is 0 Å². The minimum atomic E-state index is -0.136. The van der Waals surface area contributed by atoms with E-state index in [1.54, 1.807) is 6.07 Å². The number of amides is 1. The highest BCUT2D eigenvalue weighted by molar-refractivity contribution is 9.10. The number of halogens is 1. The van der Waals surface area contributed by atoms with Gasteiger partial charge in [-0.1, -0.05) is 28.1 Å². The van der Waals surface area contributed by atoms with Crippen LogP contribution in [0.4, 0.5) is 0 Å². The topological polar surface area (TPSA) is 59.0 Å². The molecule has 6 heteroatoms. The van der Waals surface area contributed by atoms with E-state index in [0.29, 0.717) is 11.7 Å². The van der Waals surface area contributed by atoms with E-state index >= 15 is 0 Å². The van der Waals surface area contributed by atoms with Crippen LogP contribution in [0.5, 0.6) is 0 Å². The van der Waals surface area contributed by atoms with E-state index in [9.17, 15) is 4.79 Å². The molecule has 0 aliphatic carbocycles. The number of carbonyl (C=O) groups excluding carboxylic acids is 1. The predicted molar refractivity (Wildman–Crippen MR) is 93.4 cm³/mol. The highest BCUT2D eigenvalue weighted by Crippen LogP contribution is 2.18. The fourth-order valence-electron chi connectivity index (χ4n) is 2.83. The third kappa shape index (κ3) is 4.00. The standard InChI is InChI=1S/C17H21BrN4O/c1-12(13-4-6-14(18)7-5-13)20-17(23)16-8-10-22(21-16)15-3-2-9-19-11-15/h4-8,10,12,15,19H,2-3,9,11H2,1H3,(H,20,23). The van der Waals surface area contributed by atoms with Gasteiger partial charge in [0.2, 0.25) is 0 Å². The quantitative estimate of drug-likeness (QED) is 0.861. The van der Waals surface area contributed by atoms with Crippen LogP contribution in [0.3, 0.4) is 0 Å². The molecule has 1 fully saturated rings. The molecular formula is C17H21BrN4O. The van der Waals surface area contributed by atoms with Crippen LogP contribution in [0.2, 0.25) is 0 Å². The molecule has 1 aromatic heterocycles. The lowest BCUT2D eigenvalue weighted by Crippen LogP contribution is -2.32. The van der Waals surface area contributed by atoms with Crippen molar-refractivity contribution in [1.82, 2.24) is 20.4 Å². The van der Waals surface area contributed by atoms with Crippen molar-refractivity contribution in [3.63, 3.8) is 0 Å². The summed E-state index contributed by atoms with van der Waals surface area (Å²) in [6.07, 6.45) is 4.15. The van der Waals surface area contributed by atoms with Crippen molar-refractivity contribution in [3.05, 3.63) is 52.3 Å². The first-order valence-corrected chi connectivity index (χ1v) is 8.75. The number of hydrogen-bond acceptors (Lipinski definition) is 3. The number of nitrogens with one attached hydrogen (secondary N) is 2. The van der Waals surface area contributed by atoms with E-state index in [2.05, 4.69) is 31.7 Å². The largest absolute Gasteiger partial charge is 0.344 e. The van der Waals surface area contributed by atoms with Crippen molar-refractivity contribution in [2.75, 3.05) is 13.1 Å². The second-order valence-corrected chi connectivity index (χ2v) is 6.84. The summed E-state index contributed by atoms with van der Waals surface area (Å²) in [5.74, 6) is -0.136. The minimum Gasteiger partial charge on any atom is -0.344 e. The van der Waals surface area contributed by atoms with Crippen LogP contribution < -0.4 is 10.6 Å². The molecule has 1 aliphatic rings. The Balaban J connectivity index is 1.63. The van der Waals surface area contributed by atoms with Crippen molar-refractivity contribution in [3.8, 4) is 0 Å². The number of aromatic nitrogens is 2. The SMILES string of the molecule is CC(NC(=O)c1ccn(C2CCCNC2)n1)c1ccc(Br)cc1. The van der Waals surface area contributed by atoms with Gasteiger partial charge in [0.1, 0.15) is 5.69 Å². The maximum absolute atomic E-state index is 12.4. The van der Waals surface area contributed by atoms with Crippen molar-refractivity contribution in [2.24, 2.45) is 0 Å². The molecule has 0 radical (unpaired) electrons. The lowest BCUT2D eigenvalue weighted by molar-refractivity contribution is 0.0933. The van der Waals surface area contributed by atoms with E-state index < -0.39 is 0 Å². The molecule has 0 saturated carbocycles. The van der Waals surface area contributed by atoms with Gasteiger partial charge in [-0.05, 0) is 50.1 Å². The number of hydrogen-bond donors (Lipinski definition) is 2. The molecule has 1 aliphatic heterocycles. The van der Waals surface area contributed by atoms with Gasteiger partial charge >= 0.3 is 0 Å². The van der Waals surface area contributed by atoms with Gasteiger partial charge in [0.15, 0.2) is 0 Å². The first-order chi connectivity index (χ1) is 11.1. The second kappa shape index (κ2) is 7.27. The summed E-state index contributed by atoms with van der Waals surface area (Å²) in [5, 5.41) is 10.8. The van der Waals surface area contributed by atoms with Gasteiger partial charge < -0.3 is 10.6 Å². The fourth-order valence-corrected chi connectivity index (χ4v) is 3.09. The Morgan fingerprint density at radius 2 is 2.17 bits per heavy atom. The Morgan fingerprint density at radius 1 is 1.39 bits per heavy atom. The maximum atomic E-state index is 12.4. The van der Waals surface area contributed by atoms with Crippen LogP contribution in [0.1, 0.15) is 47.9 Å². The van der Waals surface area contributed by atoms with Gasteiger partial charge in [-0.3, -0.25) is 9.48 Å². The molecule has 122 valence electrons. The zero-order valence-electron chi connectivity index (χ0n) is 13.1. The van der Waals surface area contributed by atoms with Crippen molar-refractivity contribution in [2.45, 2.75) is 31.8 Å². The van der Waals surface area contributed by atoms with Crippen LogP contribution in [0.15, 0.2) is 41.0 Å². The van der Waals surface area contributed by atoms with Gasteiger partial charge in [0.05, 0.1) is 12.1 Å². The highest BCUT2D eigenvalue weighted by Gasteiger charge is 2.18. The van der Waals surface area contributed by atoms with Crippen LogP contribution in [-0.2, 0) is 0 Å². The molecule has 23 heavy (non-hydrogen) atoms. The van der Waals surface area contributed by atoms with E-state index in [1.807, 2.05) is 42.1 Å². The Bertz CT molecular complexity index is 661. The maximum Gasteiger partial charge on any atom is 0.272 e. The van der Waals surface area contributed by atoms with Crippen molar-refractivity contribution in [1.29, 1.82) is 0 Å². The fraction of sp³-hybridized carbons (Fsp3) is 0.412. The highest BCUT2D eigenvalue weighted by atomic mass is 79.9. The second-order valence-electron chi connectivity index (χ2n) is 5.93. The van der Waals surface area contributed by atoms with Crippen LogP contribution in [-0.4, -0.2) is 28.8 Å². The normalized spacial score (nSPS) is 19.3. The molecule has 2 N–H and O–H groups in total. The van der Waals surface area contributed by atoms with Crippen molar-refractivity contribution < 1.29 is 4.79 Å². The van der Waals surface area contributed by atoms with Gasteiger partial charge in [0.25, 0.3) is 5.91 Å². The third-order valence-electron chi connectivity index (χ3n) is 4.20. The number of rotatable bonds is 4. The van der Waals surface area contributed by atoms with Crippen LogP contribution in [0.25, 0.3) is 0 Å². The first kappa shape index (κ1) is 16.2. The first-order valence-electron chi connectivity index (χ1n) is 7.95. The monoisotopic (exact) mass is 376 g/mol. The molecule has 2 atom stereocenters.